The summed E-state index contributed by atoms with van der Waals surface area (Å²) in [6.07, 6.45) is 6.34. The lowest BCUT2D eigenvalue weighted by Crippen LogP contribution is -2.33. The highest BCUT2D eigenvalue weighted by Gasteiger charge is 2.23. The van der Waals surface area contributed by atoms with E-state index in [4.69, 9.17) is 0 Å². The van der Waals surface area contributed by atoms with Gasteiger partial charge in [-0.2, -0.15) is 0 Å². The molecule has 1 aliphatic heterocycles. The van der Waals surface area contributed by atoms with Crippen LogP contribution in [0.5, 0.6) is 0 Å². The number of hydrogen-bond donors (Lipinski definition) is 0. The molecule has 90 valence electrons. The predicted molar refractivity (Wildman–Crippen MR) is 64.3 cm³/mol. The van der Waals surface area contributed by atoms with Crippen molar-refractivity contribution in [3.63, 3.8) is 0 Å². The fourth-order valence-electron chi connectivity index (χ4n) is 1.93. The van der Waals surface area contributed by atoms with Crippen LogP contribution < -0.4 is 0 Å². The van der Waals surface area contributed by atoms with Crippen molar-refractivity contribution in [1.29, 1.82) is 0 Å². The highest BCUT2D eigenvalue weighted by molar-refractivity contribution is 5.93. The van der Waals surface area contributed by atoms with Gasteiger partial charge in [-0.3, -0.25) is 4.79 Å². The van der Waals surface area contributed by atoms with Gasteiger partial charge in [0.1, 0.15) is 7.11 Å². The van der Waals surface area contributed by atoms with Gasteiger partial charge in [-0.15, -0.1) is 0 Å². The summed E-state index contributed by atoms with van der Waals surface area (Å²) >= 11 is 0. The van der Waals surface area contributed by atoms with Crippen molar-refractivity contribution in [2.24, 2.45) is 5.16 Å². The number of carbonyl (C=O) groups is 1. The molecule has 0 saturated carbocycles. The average Bonchev–Trinajstić information content (AvgIpc) is 2.64. The molecule has 0 N–H and O–H groups in total. The Balaban J connectivity index is 2.37. The molecule has 4 heteroatoms. The number of oxime groups is 1. The summed E-state index contributed by atoms with van der Waals surface area (Å²) in [6.45, 7) is 4.84. The van der Waals surface area contributed by atoms with Crippen molar-refractivity contribution in [3.8, 4) is 0 Å². The fourth-order valence-corrected chi connectivity index (χ4v) is 1.93. The molecular formula is C12H20N2O2. The molecule has 1 rings (SSSR count). The molecule has 16 heavy (non-hydrogen) atoms. The van der Waals surface area contributed by atoms with Gasteiger partial charge in [0.15, 0.2) is 0 Å². The number of amides is 1. The molecule has 0 aliphatic carbocycles. The zero-order chi connectivity index (χ0) is 12.0. The average molecular weight is 224 g/mol. The molecule has 1 aliphatic rings. The van der Waals surface area contributed by atoms with Crippen LogP contribution in [0, 0.1) is 0 Å². The van der Waals surface area contributed by atoms with Crippen LogP contribution >= 0.6 is 0 Å². The van der Waals surface area contributed by atoms with Gasteiger partial charge >= 0.3 is 0 Å². The fraction of sp³-hybridized carbons (Fsp3) is 0.667. The van der Waals surface area contributed by atoms with E-state index in [1.165, 1.54) is 7.11 Å². The topological polar surface area (TPSA) is 41.9 Å². The predicted octanol–water partition coefficient (Wildman–Crippen LogP) is 1.97. The molecule has 0 spiro atoms. The zero-order valence-electron chi connectivity index (χ0n) is 10.3. The summed E-state index contributed by atoms with van der Waals surface area (Å²) in [5.41, 5.74) is 0.768. The van der Waals surface area contributed by atoms with Crippen molar-refractivity contribution in [3.05, 3.63) is 12.2 Å². The SMILES string of the molecule is CO/N=C(C)\C=C\CC(=O)N1CCCC1C. The number of nitrogens with zero attached hydrogens (tertiary/aromatic N) is 2. The Morgan fingerprint density at radius 2 is 2.38 bits per heavy atom. The summed E-state index contributed by atoms with van der Waals surface area (Å²) in [4.78, 5) is 18.4. The second-order valence-electron chi connectivity index (χ2n) is 4.10. The Kier molecular flexibility index (Phi) is 5.02. The Morgan fingerprint density at radius 3 is 2.94 bits per heavy atom. The molecule has 0 aromatic carbocycles. The molecule has 4 nitrogen and oxygen atoms in total. The lowest BCUT2D eigenvalue weighted by molar-refractivity contribution is -0.130. The van der Waals surface area contributed by atoms with Gasteiger partial charge in [0.05, 0.1) is 5.71 Å². The Morgan fingerprint density at radius 1 is 1.62 bits per heavy atom. The smallest absolute Gasteiger partial charge is 0.226 e. The molecule has 0 bridgehead atoms. The van der Waals surface area contributed by atoms with Gasteiger partial charge in [0.25, 0.3) is 0 Å². The van der Waals surface area contributed by atoms with Crippen LogP contribution in [0.25, 0.3) is 0 Å². The third-order valence-corrected chi connectivity index (χ3v) is 2.76. The first-order valence-corrected chi connectivity index (χ1v) is 5.69. The molecule has 1 saturated heterocycles. The first-order valence-electron chi connectivity index (χ1n) is 5.69. The molecule has 1 atom stereocenters. The minimum atomic E-state index is 0.200. The molecule has 0 radical (unpaired) electrons. The van der Waals surface area contributed by atoms with Crippen LogP contribution in [0.1, 0.15) is 33.1 Å². The minimum Gasteiger partial charge on any atom is -0.399 e. The van der Waals surface area contributed by atoms with Crippen molar-refractivity contribution >= 4 is 11.6 Å². The molecular weight excluding hydrogens is 204 g/mol. The maximum absolute atomic E-state index is 11.8. The van der Waals surface area contributed by atoms with Crippen LogP contribution in [0.15, 0.2) is 17.3 Å². The molecule has 0 aromatic heterocycles. The van der Waals surface area contributed by atoms with E-state index in [1.807, 2.05) is 24.0 Å². The third kappa shape index (κ3) is 3.68. The van der Waals surface area contributed by atoms with Gasteiger partial charge in [-0.05, 0) is 32.8 Å². The van der Waals surface area contributed by atoms with Gasteiger partial charge in [0, 0.05) is 19.0 Å². The van der Waals surface area contributed by atoms with E-state index in [0.29, 0.717) is 12.5 Å². The number of likely N-dealkylation sites (tertiary alicyclic amines) is 1. The van der Waals surface area contributed by atoms with E-state index in [1.54, 1.807) is 0 Å². The molecule has 1 fully saturated rings. The first kappa shape index (κ1) is 12.7. The monoisotopic (exact) mass is 224 g/mol. The molecule has 1 amide bonds. The van der Waals surface area contributed by atoms with Crippen molar-refractivity contribution in [2.45, 2.75) is 39.2 Å². The molecule has 1 heterocycles. The Hall–Kier alpha value is -1.32. The largest absolute Gasteiger partial charge is 0.399 e. The summed E-state index contributed by atoms with van der Waals surface area (Å²) in [5.74, 6) is 0.200. The minimum absolute atomic E-state index is 0.200. The second-order valence-corrected chi connectivity index (χ2v) is 4.10. The molecule has 0 aromatic rings. The van der Waals surface area contributed by atoms with Gasteiger partial charge in [-0.1, -0.05) is 11.2 Å². The van der Waals surface area contributed by atoms with Crippen molar-refractivity contribution in [1.82, 2.24) is 4.90 Å². The van der Waals surface area contributed by atoms with Gasteiger partial charge < -0.3 is 9.74 Å². The zero-order valence-corrected chi connectivity index (χ0v) is 10.3. The quantitative estimate of drug-likeness (QED) is 0.541. The summed E-state index contributed by atoms with van der Waals surface area (Å²) < 4.78 is 0. The van der Waals surface area contributed by atoms with Crippen LogP contribution in [0.4, 0.5) is 0 Å². The van der Waals surface area contributed by atoms with E-state index in [0.717, 1.165) is 25.1 Å². The van der Waals surface area contributed by atoms with Crippen molar-refractivity contribution in [2.75, 3.05) is 13.7 Å². The normalized spacial score (nSPS) is 21.8. The number of carbonyl (C=O) groups excluding carboxylic acids is 1. The highest BCUT2D eigenvalue weighted by Crippen LogP contribution is 2.17. The van der Waals surface area contributed by atoms with E-state index in [-0.39, 0.29) is 5.91 Å². The van der Waals surface area contributed by atoms with E-state index < -0.39 is 0 Å². The number of allylic oxidation sites excluding steroid dienone is 1. The van der Waals surface area contributed by atoms with Crippen LogP contribution in [-0.2, 0) is 9.63 Å². The number of rotatable bonds is 4. The van der Waals surface area contributed by atoms with E-state index in [2.05, 4.69) is 16.9 Å². The van der Waals surface area contributed by atoms with Gasteiger partial charge in [-0.25, -0.2) is 0 Å². The summed E-state index contributed by atoms with van der Waals surface area (Å²) in [5, 5.41) is 3.74. The molecule has 1 unspecified atom stereocenters. The highest BCUT2D eigenvalue weighted by atomic mass is 16.6. The van der Waals surface area contributed by atoms with Crippen LogP contribution in [0.2, 0.25) is 0 Å². The number of hydrogen-bond acceptors (Lipinski definition) is 3. The van der Waals surface area contributed by atoms with Crippen LogP contribution in [0.3, 0.4) is 0 Å². The Bertz CT molecular complexity index is 297. The maximum Gasteiger partial charge on any atom is 0.226 e. The maximum atomic E-state index is 11.8. The van der Waals surface area contributed by atoms with Crippen molar-refractivity contribution < 1.29 is 9.63 Å². The van der Waals surface area contributed by atoms with Gasteiger partial charge in [0.2, 0.25) is 5.91 Å². The lowest BCUT2D eigenvalue weighted by Gasteiger charge is -2.20. The second kappa shape index (κ2) is 6.30. The lowest BCUT2D eigenvalue weighted by atomic mass is 10.2. The van der Waals surface area contributed by atoms with E-state index in [9.17, 15) is 4.79 Å². The summed E-state index contributed by atoms with van der Waals surface area (Å²) in [7, 11) is 1.51. The third-order valence-electron chi connectivity index (χ3n) is 2.76. The summed E-state index contributed by atoms with van der Waals surface area (Å²) in [6, 6.07) is 0.398. The first-order chi connectivity index (χ1) is 7.65. The standard InChI is InChI=1S/C12H20N2O2/c1-10(13-16-3)6-4-8-12(15)14-9-5-7-11(14)2/h4,6,11H,5,7-9H2,1-3H3/b6-4+,13-10-. The van der Waals surface area contributed by atoms with Crippen LogP contribution in [-0.4, -0.2) is 36.2 Å². The Labute approximate surface area is 96.9 Å². The van der Waals surface area contributed by atoms with E-state index >= 15 is 0 Å².